The van der Waals surface area contributed by atoms with Crippen molar-refractivity contribution in [2.24, 2.45) is 0 Å². The fraction of sp³-hybridized carbons (Fsp3) is 0.333. The van der Waals surface area contributed by atoms with E-state index in [9.17, 15) is 9.59 Å². The number of aliphatic hydroxyl groups excluding tert-OH is 1. The molecule has 2 amide bonds. The summed E-state index contributed by atoms with van der Waals surface area (Å²) in [5.41, 5.74) is 0. The molecular weight excluding hydrogens is 98.0 g/mol. The van der Waals surface area contributed by atoms with E-state index >= 15 is 0 Å². The first-order valence-electron chi connectivity index (χ1n) is 1.62. The summed E-state index contributed by atoms with van der Waals surface area (Å²) < 4.78 is 0. The maximum absolute atomic E-state index is 9.50. The lowest BCUT2D eigenvalue weighted by atomic mass is 10.9. The van der Waals surface area contributed by atoms with Gasteiger partial charge in [-0.2, -0.15) is 0 Å². The molecule has 40 valence electrons. The van der Waals surface area contributed by atoms with Gasteiger partial charge >= 0.3 is 0 Å². The Bertz CT molecular complexity index is 64.6. The molecule has 0 aliphatic carbocycles. The smallest absolute Gasteiger partial charge is 0.218 e. The molecule has 0 aliphatic rings. The van der Waals surface area contributed by atoms with Crippen molar-refractivity contribution in [2.45, 2.75) is 0 Å². The molecule has 0 spiro atoms. The standard InChI is InChI=1S/C3H5NO3/c5-1-4(2-6)3-7/h1-2,7H,3H2. The van der Waals surface area contributed by atoms with Gasteiger partial charge in [0, 0.05) is 0 Å². The van der Waals surface area contributed by atoms with Crippen LogP contribution in [-0.4, -0.2) is 29.6 Å². The second-order valence-electron chi connectivity index (χ2n) is 0.866. The Kier molecular flexibility index (Phi) is 2.87. The van der Waals surface area contributed by atoms with E-state index in [1.54, 1.807) is 0 Å². The van der Waals surface area contributed by atoms with Gasteiger partial charge < -0.3 is 5.11 Å². The zero-order chi connectivity index (χ0) is 5.70. The van der Waals surface area contributed by atoms with Gasteiger partial charge in [0.2, 0.25) is 12.8 Å². The highest BCUT2D eigenvalue weighted by atomic mass is 16.3. The number of aliphatic hydroxyl groups is 1. The summed E-state index contributed by atoms with van der Waals surface area (Å²) in [4.78, 5) is 19.6. The molecule has 0 saturated heterocycles. The Morgan fingerprint density at radius 3 is 1.86 bits per heavy atom. The Labute approximate surface area is 40.3 Å². The first kappa shape index (κ1) is 6.10. The van der Waals surface area contributed by atoms with E-state index in [0.717, 1.165) is 0 Å². The van der Waals surface area contributed by atoms with Crippen molar-refractivity contribution in [3.05, 3.63) is 0 Å². The van der Waals surface area contributed by atoms with Crippen molar-refractivity contribution >= 4 is 12.8 Å². The molecule has 0 aliphatic heterocycles. The van der Waals surface area contributed by atoms with Crippen LogP contribution >= 0.6 is 0 Å². The van der Waals surface area contributed by atoms with E-state index in [4.69, 9.17) is 5.11 Å². The molecule has 0 bridgehead atoms. The third-order valence-corrected chi connectivity index (χ3v) is 0.434. The molecule has 7 heavy (non-hydrogen) atoms. The molecule has 0 radical (unpaired) electrons. The van der Waals surface area contributed by atoms with Crippen LogP contribution in [0.2, 0.25) is 0 Å². The van der Waals surface area contributed by atoms with Crippen LogP contribution in [0, 0.1) is 0 Å². The van der Waals surface area contributed by atoms with Crippen molar-refractivity contribution in [1.82, 2.24) is 4.90 Å². The Balaban J connectivity index is 3.36. The van der Waals surface area contributed by atoms with Crippen LogP contribution in [0.4, 0.5) is 0 Å². The van der Waals surface area contributed by atoms with Crippen molar-refractivity contribution in [1.29, 1.82) is 0 Å². The monoisotopic (exact) mass is 103 g/mol. The van der Waals surface area contributed by atoms with E-state index in [0.29, 0.717) is 4.90 Å². The van der Waals surface area contributed by atoms with Gasteiger partial charge in [-0.25, -0.2) is 0 Å². The normalized spacial score (nSPS) is 7.57. The SMILES string of the molecule is O=CN(C=O)CO. The summed E-state index contributed by atoms with van der Waals surface area (Å²) in [7, 11) is 0. The van der Waals surface area contributed by atoms with Gasteiger partial charge in [-0.3, -0.25) is 14.5 Å². The quantitative estimate of drug-likeness (QED) is 0.351. The van der Waals surface area contributed by atoms with Gasteiger partial charge in [0.05, 0.1) is 0 Å². The van der Waals surface area contributed by atoms with E-state index in [1.165, 1.54) is 0 Å². The second-order valence-corrected chi connectivity index (χ2v) is 0.866. The van der Waals surface area contributed by atoms with Crippen molar-refractivity contribution < 1.29 is 14.7 Å². The summed E-state index contributed by atoms with van der Waals surface area (Å²) >= 11 is 0. The summed E-state index contributed by atoms with van der Waals surface area (Å²) in [6.07, 6.45) is 0.486. The molecule has 0 aromatic carbocycles. The molecule has 0 aromatic rings. The third kappa shape index (κ3) is 1.88. The molecule has 0 heterocycles. The molecule has 4 heteroatoms. The second kappa shape index (κ2) is 3.30. The molecule has 0 rings (SSSR count). The number of hydrogen-bond donors (Lipinski definition) is 1. The lowest BCUT2D eigenvalue weighted by Crippen LogP contribution is -2.19. The number of carbonyl (C=O) groups excluding carboxylic acids is 2. The summed E-state index contributed by atoms with van der Waals surface area (Å²) in [6.45, 7) is -0.549. The van der Waals surface area contributed by atoms with E-state index in [1.807, 2.05) is 0 Å². The third-order valence-electron chi connectivity index (χ3n) is 0.434. The molecule has 0 atom stereocenters. The number of hydrogen-bond acceptors (Lipinski definition) is 3. The fourth-order valence-corrected chi connectivity index (χ4v) is 0.0915. The first-order chi connectivity index (χ1) is 3.35. The van der Waals surface area contributed by atoms with Crippen LogP contribution in [0.15, 0.2) is 0 Å². The average molecular weight is 103 g/mol. The van der Waals surface area contributed by atoms with Crippen LogP contribution in [0.3, 0.4) is 0 Å². The van der Waals surface area contributed by atoms with Gasteiger partial charge in [-0.15, -0.1) is 0 Å². The highest BCUT2D eigenvalue weighted by Crippen LogP contribution is 1.65. The molecule has 0 saturated carbocycles. The molecule has 4 nitrogen and oxygen atoms in total. The van der Waals surface area contributed by atoms with E-state index in [-0.39, 0.29) is 12.8 Å². The highest BCUT2D eigenvalue weighted by Gasteiger charge is 1.89. The summed E-state index contributed by atoms with van der Waals surface area (Å²) in [6, 6.07) is 0. The van der Waals surface area contributed by atoms with Gasteiger partial charge in [-0.05, 0) is 0 Å². The number of imide groups is 1. The van der Waals surface area contributed by atoms with Crippen molar-refractivity contribution in [2.75, 3.05) is 6.73 Å². The minimum Gasteiger partial charge on any atom is -0.376 e. The summed E-state index contributed by atoms with van der Waals surface area (Å²) in [5.74, 6) is 0. The highest BCUT2D eigenvalue weighted by molar-refractivity contribution is 5.67. The first-order valence-corrected chi connectivity index (χ1v) is 1.62. The lowest BCUT2D eigenvalue weighted by Gasteiger charge is -1.98. The Morgan fingerprint density at radius 2 is 1.86 bits per heavy atom. The van der Waals surface area contributed by atoms with Crippen molar-refractivity contribution in [3.8, 4) is 0 Å². The molecule has 0 fully saturated rings. The van der Waals surface area contributed by atoms with Crippen LogP contribution in [0.25, 0.3) is 0 Å². The minimum absolute atomic E-state index is 0.243. The number of rotatable bonds is 3. The van der Waals surface area contributed by atoms with Gasteiger partial charge in [-0.1, -0.05) is 0 Å². The molecular formula is C3H5NO3. The van der Waals surface area contributed by atoms with Gasteiger partial charge in [0.25, 0.3) is 0 Å². The average Bonchev–Trinajstić information content (AvgIpc) is 1.72. The maximum Gasteiger partial charge on any atom is 0.218 e. The van der Waals surface area contributed by atoms with Crippen LogP contribution in [0.5, 0.6) is 0 Å². The van der Waals surface area contributed by atoms with E-state index < -0.39 is 6.73 Å². The predicted octanol–water partition coefficient (Wildman–Crippen LogP) is -1.45. The molecule has 1 N–H and O–H groups in total. The van der Waals surface area contributed by atoms with Crippen LogP contribution < -0.4 is 0 Å². The van der Waals surface area contributed by atoms with Gasteiger partial charge in [0.15, 0.2) is 0 Å². The molecule has 0 unspecified atom stereocenters. The predicted molar refractivity (Wildman–Crippen MR) is 21.1 cm³/mol. The van der Waals surface area contributed by atoms with Crippen LogP contribution in [-0.2, 0) is 9.59 Å². The summed E-state index contributed by atoms with van der Waals surface area (Å²) in [5, 5.41) is 7.99. The Hall–Kier alpha value is -0.900. The Morgan fingerprint density at radius 1 is 1.43 bits per heavy atom. The topological polar surface area (TPSA) is 57.6 Å². The lowest BCUT2D eigenvalue weighted by molar-refractivity contribution is -0.132. The van der Waals surface area contributed by atoms with Crippen molar-refractivity contribution in [3.63, 3.8) is 0 Å². The van der Waals surface area contributed by atoms with Crippen LogP contribution in [0.1, 0.15) is 0 Å². The zero-order valence-electron chi connectivity index (χ0n) is 3.57. The largest absolute Gasteiger partial charge is 0.376 e. The van der Waals surface area contributed by atoms with Gasteiger partial charge in [0.1, 0.15) is 6.73 Å². The number of carbonyl (C=O) groups is 2. The van der Waals surface area contributed by atoms with E-state index in [2.05, 4.69) is 0 Å². The maximum atomic E-state index is 9.50. The minimum atomic E-state index is -0.549. The number of nitrogens with zero attached hydrogens (tertiary/aromatic N) is 1. The number of amides is 2. The zero-order valence-corrected chi connectivity index (χ0v) is 3.57. The fourth-order valence-electron chi connectivity index (χ4n) is 0.0915. The molecule has 0 aromatic heterocycles.